The highest BCUT2D eigenvalue weighted by Crippen LogP contribution is 2.38. The van der Waals surface area contributed by atoms with E-state index in [2.05, 4.69) is 10.1 Å². The first-order chi connectivity index (χ1) is 19.8. The standard InChI is InChI=1S/C29H23ClF6N4O2/c30-23-14-17(8-9-20(23)18-10-12-39(16-18)13-11-28(31,32)33)19-4-1-2-5-21(19)24-6-3-7-25(38-24)40-26(29(34,35)36)22(15-37-40)27(41)42/h1-9,14-15,18H,10-13,16H2,(H,41,42)/t18-/m1/s1. The molecule has 0 saturated carbocycles. The largest absolute Gasteiger partial charge is 0.478 e. The molecule has 1 aliphatic heterocycles. The zero-order chi connectivity index (χ0) is 30.2. The van der Waals surface area contributed by atoms with Crippen molar-refractivity contribution in [2.75, 3.05) is 19.6 Å². The lowest BCUT2D eigenvalue weighted by Crippen LogP contribution is -2.26. The van der Waals surface area contributed by atoms with Gasteiger partial charge in [0.1, 0.15) is 5.56 Å². The summed E-state index contributed by atoms with van der Waals surface area (Å²) in [5.74, 6) is -1.99. The number of pyridine rings is 1. The van der Waals surface area contributed by atoms with E-state index in [0.717, 1.165) is 5.56 Å². The van der Waals surface area contributed by atoms with Gasteiger partial charge in [-0.15, -0.1) is 0 Å². The zero-order valence-electron chi connectivity index (χ0n) is 21.8. The van der Waals surface area contributed by atoms with Crippen LogP contribution < -0.4 is 0 Å². The highest BCUT2D eigenvalue weighted by Gasteiger charge is 2.41. The third-order valence-electron chi connectivity index (χ3n) is 7.16. The fourth-order valence-electron chi connectivity index (χ4n) is 5.20. The summed E-state index contributed by atoms with van der Waals surface area (Å²) in [6.07, 6.45) is -8.75. The third-order valence-corrected chi connectivity index (χ3v) is 7.49. The van der Waals surface area contributed by atoms with E-state index in [4.69, 9.17) is 11.6 Å². The molecular formula is C29H23ClF6N4O2. The Morgan fingerprint density at radius 3 is 2.40 bits per heavy atom. The number of hydrogen-bond donors (Lipinski definition) is 1. The Labute approximate surface area is 241 Å². The molecule has 0 radical (unpaired) electrons. The highest BCUT2D eigenvalue weighted by molar-refractivity contribution is 6.31. The van der Waals surface area contributed by atoms with Crippen LogP contribution in [0.5, 0.6) is 0 Å². The molecule has 2 aromatic heterocycles. The average molecular weight is 609 g/mol. The maximum atomic E-state index is 13.8. The number of hydrogen-bond acceptors (Lipinski definition) is 4. The predicted molar refractivity (Wildman–Crippen MR) is 144 cm³/mol. The Balaban J connectivity index is 1.45. The second-order valence-electron chi connectivity index (χ2n) is 9.94. The lowest BCUT2D eigenvalue weighted by atomic mass is 9.93. The van der Waals surface area contributed by atoms with E-state index < -0.39 is 36.0 Å². The van der Waals surface area contributed by atoms with Crippen molar-refractivity contribution in [3.8, 4) is 28.2 Å². The van der Waals surface area contributed by atoms with Gasteiger partial charge >= 0.3 is 18.3 Å². The van der Waals surface area contributed by atoms with Crippen molar-refractivity contribution in [2.24, 2.45) is 0 Å². The Bertz CT molecular complexity index is 1620. The molecule has 0 unspecified atom stereocenters. The summed E-state index contributed by atoms with van der Waals surface area (Å²) in [5.41, 5.74) is 0.703. The number of nitrogens with zero attached hydrogens (tertiary/aromatic N) is 4. The lowest BCUT2D eigenvalue weighted by molar-refractivity contribution is -0.143. The summed E-state index contributed by atoms with van der Waals surface area (Å²) >= 11 is 6.67. The molecule has 2 aromatic carbocycles. The van der Waals surface area contributed by atoms with Crippen LogP contribution in [0, 0.1) is 0 Å². The van der Waals surface area contributed by atoms with Crippen molar-refractivity contribution >= 4 is 17.6 Å². The number of likely N-dealkylation sites (tertiary alicyclic amines) is 1. The molecule has 1 fully saturated rings. The van der Waals surface area contributed by atoms with E-state index in [1.165, 1.54) is 12.1 Å². The number of carbonyl (C=O) groups is 1. The van der Waals surface area contributed by atoms with Gasteiger partial charge in [-0.2, -0.15) is 31.4 Å². The number of aromatic carboxylic acids is 1. The molecule has 0 aliphatic carbocycles. The molecule has 6 nitrogen and oxygen atoms in total. The van der Waals surface area contributed by atoms with Gasteiger partial charge in [0, 0.05) is 23.7 Å². The number of alkyl halides is 6. The van der Waals surface area contributed by atoms with Crippen LogP contribution in [0.4, 0.5) is 26.3 Å². The molecule has 1 atom stereocenters. The molecule has 3 heterocycles. The van der Waals surface area contributed by atoms with Crippen molar-refractivity contribution in [1.29, 1.82) is 0 Å². The van der Waals surface area contributed by atoms with Crippen molar-refractivity contribution in [3.05, 3.63) is 88.7 Å². The van der Waals surface area contributed by atoms with E-state index in [0.29, 0.717) is 57.8 Å². The zero-order valence-corrected chi connectivity index (χ0v) is 22.5. The van der Waals surface area contributed by atoms with Crippen LogP contribution in [0.2, 0.25) is 5.02 Å². The normalized spacial score (nSPS) is 16.2. The number of halogens is 7. The molecule has 0 spiro atoms. The van der Waals surface area contributed by atoms with Gasteiger partial charge < -0.3 is 10.0 Å². The predicted octanol–water partition coefficient (Wildman–Crippen LogP) is 7.71. The van der Waals surface area contributed by atoms with E-state index in [9.17, 15) is 36.2 Å². The summed E-state index contributed by atoms with van der Waals surface area (Å²) in [6, 6.07) is 16.9. The second kappa shape index (κ2) is 11.4. The topological polar surface area (TPSA) is 71.2 Å². The van der Waals surface area contributed by atoms with Crippen LogP contribution in [0.15, 0.2) is 66.9 Å². The Morgan fingerprint density at radius 1 is 1.00 bits per heavy atom. The Hall–Kier alpha value is -3.90. The minimum atomic E-state index is -4.99. The van der Waals surface area contributed by atoms with Crippen LogP contribution in [-0.4, -0.2) is 56.6 Å². The van der Waals surface area contributed by atoms with Gasteiger partial charge in [-0.05, 0) is 53.8 Å². The minimum Gasteiger partial charge on any atom is -0.478 e. The quantitative estimate of drug-likeness (QED) is 0.218. The fraction of sp³-hybridized carbons (Fsp3) is 0.276. The summed E-state index contributed by atoms with van der Waals surface area (Å²) in [4.78, 5) is 17.6. The minimum absolute atomic E-state index is 0.0130. The maximum Gasteiger partial charge on any atom is 0.434 e. The van der Waals surface area contributed by atoms with Gasteiger partial charge in [0.05, 0.1) is 18.3 Å². The first-order valence-corrected chi connectivity index (χ1v) is 13.2. The summed E-state index contributed by atoms with van der Waals surface area (Å²) in [7, 11) is 0. The monoisotopic (exact) mass is 608 g/mol. The smallest absolute Gasteiger partial charge is 0.434 e. The summed E-state index contributed by atoms with van der Waals surface area (Å²) in [6.45, 7) is 0.957. The van der Waals surface area contributed by atoms with Crippen molar-refractivity contribution in [2.45, 2.75) is 31.1 Å². The summed E-state index contributed by atoms with van der Waals surface area (Å²) < 4.78 is 79.7. The van der Waals surface area contributed by atoms with Crippen LogP contribution in [0.25, 0.3) is 28.2 Å². The number of benzene rings is 2. The van der Waals surface area contributed by atoms with Crippen LogP contribution in [0.1, 0.15) is 40.4 Å². The number of carboxylic acid groups (broad SMARTS) is 1. The average Bonchev–Trinajstić information content (AvgIpc) is 3.60. The van der Waals surface area contributed by atoms with Crippen molar-refractivity contribution in [1.82, 2.24) is 19.7 Å². The molecule has 4 aromatic rings. The lowest BCUT2D eigenvalue weighted by Gasteiger charge is -2.18. The molecule has 13 heteroatoms. The highest BCUT2D eigenvalue weighted by atomic mass is 35.5. The molecule has 5 rings (SSSR count). The van der Waals surface area contributed by atoms with Gasteiger partial charge in [-0.3, -0.25) is 0 Å². The molecule has 0 bridgehead atoms. The summed E-state index contributed by atoms with van der Waals surface area (Å²) in [5, 5.41) is 13.3. The molecule has 1 N–H and O–H groups in total. The van der Waals surface area contributed by atoms with Gasteiger partial charge in [-0.25, -0.2) is 14.5 Å². The van der Waals surface area contributed by atoms with Gasteiger partial charge in [0.15, 0.2) is 11.5 Å². The Kier molecular flexibility index (Phi) is 8.04. The van der Waals surface area contributed by atoms with Gasteiger partial charge in [0.2, 0.25) is 0 Å². The number of rotatable bonds is 7. The SMILES string of the molecule is O=C(O)c1cnn(-c2cccc(-c3ccccc3-c3ccc([C@@H]4CCN(CCC(F)(F)F)C4)c(Cl)c3)n2)c1C(F)(F)F. The maximum absolute atomic E-state index is 13.8. The first kappa shape index (κ1) is 29.6. The van der Waals surface area contributed by atoms with E-state index in [1.54, 1.807) is 41.3 Å². The number of carboxylic acids is 1. The first-order valence-electron chi connectivity index (χ1n) is 12.9. The molecule has 1 saturated heterocycles. The second-order valence-corrected chi connectivity index (χ2v) is 10.3. The van der Waals surface area contributed by atoms with Crippen LogP contribution >= 0.6 is 11.6 Å². The third kappa shape index (κ3) is 6.29. The van der Waals surface area contributed by atoms with Crippen LogP contribution in [0.3, 0.4) is 0 Å². The van der Waals surface area contributed by atoms with E-state index in [-0.39, 0.29) is 18.3 Å². The van der Waals surface area contributed by atoms with E-state index >= 15 is 0 Å². The Morgan fingerprint density at radius 2 is 1.74 bits per heavy atom. The molecule has 0 amide bonds. The van der Waals surface area contributed by atoms with Crippen molar-refractivity contribution < 1.29 is 36.2 Å². The van der Waals surface area contributed by atoms with Crippen LogP contribution in [-0.2, 0) is 6.18 Å². The molecule has 1 aliphatic rings. The van der Waals surface area contributed by atoms with E-state index in [1.807, 2.05) is 12.1 Å². The van der Waals surface area contributed by atoms with Gasteiger partial charge in [0.25, 0.3) is 0 Å². The molecule has 220 valence electrons. The van der Waals surface area contributed by atoms with Crippen molar-refractivity contribution in [3.63, 3.8) is 0 Å². The molecule has 42 heavy (non-hydrogen) atoms. The van der Waals surface area contributed by atoms with Gasteiger partial charge in [-0.1, -0.05) is 54.1 Å². The fourth-order valence-corrected chi connectivity index (χ4v) is 5.54. The number of aromatic nitrogens is 3. The molecular weight excluding hydrogens is 586 g/mol.